The number of para-hydroxylation sites is 1. The molecule has 0 aliphatic carbocycles. The molecule has 1 aliphatic rings. The molecule has 0 spiro atoms. The Bertz CT molecular complexity index is 664. The third-order valence-corrected chi connectivity index (χ3v) is 4.26. The average molecular weight is 294 g/mol. The molecule has 20 heavy (non-hydrogen) atoms. The number of aryl methyl sites for hydroxylation is 1. The van der Waals surface area contributed by atoms with Gasteiger partial charge in [-0.2, -0.15) is 0 Å². The summed E-state index contributed by atoms with van der Waals surface area (Å²) in [6.07, 6.45) is 1.75. The maximum Gasteiger partial charge on any atom is 0.290 e. The normalized spacial score (nSPS) is 18.9. The van der Waals surface area contributed by atoms with Gasteiger partial charge < -0.3 is 14.4 Å². The summed E-state index contributed by atoms with van der Waals surface area (Å²) in [5.41, 5.74) is 1.35. The van der Waals surface area contributed by atoms with Crippen LogP contribution in [0.15, 0.2) is 22.6 Å². The highest BCUT2D eigenvalue weighted by Gasteiger charge is 2.32. The van der Waals surface area contributed by atoms with Gasteiger partial charge in [-0.05, 0) is 25.8 Å². The average Bonchev–Trinajstić information content (AvgIpc) is 3.04. The van der Waals surface area contributed by atoms with Gasteiger partial charge in [-0.15, -0.1) is 0 Å². The number of carbonyl (C=O) groups is 1. The summed E-state index contributed by atoms with van der Waals surface area (Å²) in [6.45, 7) is 2.51. The lowest BCUT2D eigenvalue weighted by atomic mass is 10.1. The van der Waals surface area contributed by atoms with E-state index in [1.807, 2.05) is 19.1 Å². The number of amides is 1. The Morgan fingerprint density at radius 2 is 2.35 bits per heavy atom. The standard InChI is InChI=1S/C15H16ClNO3/c1-9-11-5-2-6-12(16)14(11)20-13(9)15(19)17-7-3-4-10(17)8-18/h2,5-6,10,18H,3-4,7-8H2,1H3/t10-/m1/s1. The van der Waals surface area contributed by atoms with Crippen molar-refractivity contribution < 1.29 is 14.3 Å². The topological polar surface area (TPSA) is 53.7 Å². The Morgan fingerprint density at radius 3 is 3.05 bits per heavy atom. The van der Waals surface area contributed by atoms with Crippen LogP contribution in [0.2, 0.25) is 5.02 Å². The number of fused-ring (bicyclic) bond motifs is 1. The van der Waals surface area contributed by atoms with Crippen LogP contribution < -0.4 is 0 Å². The summed E-state index contributed by atoms with van der Waals surface area (Å²) >= 11 is 6.10. The van der Waals surface area contributed by atoms with E-state index in [9.17, 15) is 9.90 Å². The van der Waals surface area contributed by atoms with Crippen molar-refractivity contribution in [2.75, 3.05) is 13.2 Å². The summed E-state index contributed by atoms with van der Waals surface area (Å²) in [5, 5.41) is 10.7. The summed E-state index contributed by atoms with van der Waals surface area (Å²) < 4.78 is 5.69. The molecule has 4 nitrogen and oxygen atoms in total. The van der Waals surface area contributed by atoms with Crippen molar-refractivity contribution in [1.29, 1.82) is 0 Å². The highest BCUT2D eigenvalue weighted by atomic mass is 35.5. The molecule has 0 bridgehead atoms. The van der Waals surface area contributed by atoms with E-state index in [1.165, 1.54) is 0 Å². The van der Waals surface area contributed by atoms with Gasteiger partial charge in [0.25, 0.3) is 5.91 Å². The molecule has 1 atom stereocenters. The third kappa shape index (κ3) is 2.00. The van der Waals surface area contributed by atoms with Crippen molar-refractivity contribution in [1.82, 2.24) is 4.90 Å². The monoisotopic (exact) mass is 293 g/mol. The SMILES string of the molecule is Cc1c(C(=O)N2CCC[C@@H]2CO)oc2c(Cl)cccc12. The fraction of sp³-hybridized carbons (Fsp3) is 0.400. The fourth-order valence-corrected chi connectivity index (χ4v) is 3.05. The summed E-state index contributed by atoms with van der Waals surface area (Å²) in [6, 6.07) is 5.37. The van der Waals surface area contributed by atoms with Gasteiger partial charge >= 0.3 is 0 Å². The number of rotatable bonds is 2. The third-order valence-electron chi connectivity index (χ3n) is 3.96. The Labute approximate surface area is 121 Å². The largest absolute Gasteiger partial charge is 0.449 e. The molecule has 0 saturated carbocycles. The molecule has 1 aromatic heterocycles. The van der Waals surface area contributed by atoms with E-state index in [0.29, 0.717) is 22.9 Å². The molecular formula is C15H16ClNO3. The maximum absolute atomic E-state index is 12.6. The van der Waals surface area contributed by atoms with Gasteiger partial charge in [0, 0.05) is 17.5 Å². The van der Waals surface area contributed by atoms with Crippen LogP contribution in [0.3, 0.4) is 0 Å². The molecule has 5 heteroatoms. The molecule has 1 aliphatic heterocycles. The van der Waals surface area contributed by atoms with Crippen molar-refractivity contribution in [3.63, 3.8) is 0 Å². The highest BCUT2D eigenvalue weighted by molar-refractivity contribution is 6.35. The van der Waals surface area contributed by atoms with Crippen LogP contribution >= 0.6 is 11.6 Å². The van der Waals surface area contributed by atoms with Crippen molar-refractivity contribution in [2.24, 2.45) is 0 Å². The van der Waals surface area contributed by atoms with Gasteiger partial charge in [0.2, 0.25) is 0 Å². The number of carbonyl (C=O) groups excluding carboxylic acids is 1. The number of nitrogens with zero attached hydrogens (tertiary/aromatic N) is 1. The van der Waals surface area contributed by atoms with E-state index in [4.69, 9.17) is 16.0 Å². The van der Waals surface area contributed by atoms with Crippen LogP contribution in [0.25, 0.3) is 11.0 Å². The predicted octanol–water partition coefficient (Wildman–Crippen LogP) is 2.99. The van der Waals surface area contributed by atoms with Crippen LogP contribution in [0.4, 0.5) is 0 Å². The second-order valence-corrected chi connectivity index (χ2v) is 5.56. The molecular weight excluding hydrogens is 278 g/mol. The molecule has 0 radical (unpaired) electrons. The van der Waals surface area contributed by atoms with Crippen LogP contribution in [0.5, 0.6) is 0 Å². The van der Waals surface area contributed by atoms with E-state index >= 15 is 0 Å². The first kappa shape index (κ1) is 13.5. The lowest BCUT2D eigenvalue weighted by Gasteiger charge is -2.22. The van der Waals surface area contributed by atoms with Gasteiger partial charge in [0.05, 0.1) is 17.7 Å². The molecule has 1 fully saturated rings. The molecule has 1 N–H and O–H groups in total. The van der Waals surface area contributed by atoms with Crippen molar-refractivity contribution in [3.05, 3.63) is 34.5 Å². The van der Waals surface area contributed by atoms with Crippen molar-refractivity contribution in [2.45, 2.75) is 25.8 Å². The summed E-state index contributed by atoms with van der Waals surface area (Å²) in [5.74, 6) is 0.166. The van der Waals surface area contributed by atoms with Crippen LogP contribution in [-0.2, 0) is 0 Å². The minimum absolute atomic E-state index is 0.00816. The number of hydrogen-bond donors (Lipinski definition) is 1. The molecule has 2 aromatic rings. The fourth-order valence-electron chi connectivity index (χ4n) is 2.84. The van der Waals surface area contributed by atoms with Crippen LogP contribution in [-0.4, -0.2) is 35.1 Å². The summed E-state index contributed by atoms with van der Waals surface area (Å²) in [7, 11) is 0. The number of hydrogen-bond acceptors (Lipinski definition) is 3. The number of benzene rings is 1. The molecule has 2 heterocycles. The number of aliphatic hydroxyl groups is 1. The number of furan rings is 1. The first-order valence-corrected chi connectivity index (χ1v) is 7.10. The lowest BCUT2D eigenvalue weighted by Crippen LogP contribution is -2.37. The first-order valence-electron chi connectivity index (χ1n) is 6.73. The quantitative estimate of drug-likeness (QED) is 0.926. The minimum atomic E-state index is -0.161. The summed E-state index contributed by atoms with van der Waals surface area (Å²) in [4.78, 5) is 14.3. The van der Waals surface area contributed by atoms with E-state index in [-0.39, 0.29) is 18.6 Å². The maximum atomic E-state index is 12.6. The van der Waals surface area contributed by atoms with Crippen molar-refractivity contribution >= 4 is 28.5 Å². The van der Waals surface area contributed by atoms with E-state index in [0.717, 1.165) is 23.8 Å². The number of likely N-dealkylation sites (tertiary alicyclic amines) is 1. The second-order valence-electron chi connectivity index (χ2n) is 5.15. The Kier molecular flexibility index (Phi) is 3.44. The number of aliphatic hydroxyl groups excluding tert-OH is 1. The van der Waals surface area contributed by atoms with Gasteiger partial charge in [0.1, 0.15) is 0 Å². The van der Waals surface area contributed by atoms with Crippen molar-refractivity contribution in [3.8, 4) is 0 Å². The van der Waals surface area contributed by atoms with E-state index in [1.54, 1.807) is 11.0 Å². The molecule has 1 aromatic carbocycles. The lowest BCUT2D eigenvalue weighted by molar-refractivity contribution is 0.0647. The predicted molar refractivity (Wildman–Crippen MR) is 77.1 cm³/mol. The minimum Gasteiger partial charge on any atom is -0.449 e. The zero-order valence-electron chi connectivity index (χ0n) is 11.2. The number of halogens is 1. The first-order chi connectivity index (χ1) is 9.63. The zero-order valence-corrected chi connectivity index (χ0v) is 12.0. The molecule has 1 saturated heterocycles. The van der Waals surface area contributed by atoms with Gasteiger partial charge in [0.15, 0.2) is 11.3 Å². The molecule has 0 unspecified atom stereocenters. The Morgan fingerprint density at radius 1 is 1.55 bits per heavy atom. The molecule has 3 rings (SSSR count). The molecule has 106 valence electrons. The second kappa shape index (κ2) is 5.11. The van der Waals surface area contributed by atoms with Gasteiger partial charge in [-0.1, -0.05) is 23.7 Å². The zero-order chi connectivity index (χ0) is 14.3. The Balaban J connectivity index is 2.04. The Hall–Kier alpha value is -1.52. The highest BCUT2D eigenvalue weighted by Crippen LogP contribution is 2.32. The van der Waals surface area contributed by atoms with Crippen LogP contribution in [0.1, 0.15) is 29.0 Å². The van der Waals surface area contributed by atoms with Gasteiger partial charge in [-0.3, -0.25) is 4.79 Å². The van der Waals surface area contributed by atoms with Gasteiger partial charge in [-0.25, -0.2) is 0 Å². The van der Waals surface area contributed by atoms with Crippen LogP contribution in [0, 0.1) is 6.92 Å². The van der Waals surface area contributed by atoms with E-state index < -0.39 is 0 Å². The molecule has 1 amide bonds. The van der Waals surface area contributed by atoms with E-state index in [2.05, 4.69) is 0 Å². The smallest absolute Gasteiger partial charge is 0.290 e.